The molecule has 17 heavy (non-hydrogen) atoms. The zero-order valence-corrected chi connectivity index (χ0v) is 11.8. The minimum Gasteiger partial charge on any atom is -0.214 e. The molecule has 0 saturated heterocycles. The third-order valence-electron chi connectivity index (χ3n) is 2.66. The van der Waals surface area contributed by atoms with Crippen LogP contribution < -0.4 is 4.72 Å². The van der Waals surface area contributed by atoms with Gasteiger partial charge in [-0.3, -0.25) is 0 Å². The van der Waals surface area contributed by atoms with Crippen LogP contribution in [0.1, 0.15) is 19.4 Å². The van der Waals surface area contributed by atoms with Gasteiger partial charge in [0.1, 0.15) is 0 Å². The van der Waals surface area contributed by atoms with Crippen LogP contribution in [0.5, 0.6) is 0 Å². The van der Waals surface area contributed by atoms with Gasteiger partial charge in [-0.1, -0.05) is 26.0 Å². The summed E-state index contributed by atoms with van der Waals surface area (Å²) in [6, 6.07) is 6.82. The molecule has 0 aliphatic heterocycles. The SMILES string of the molecule is CNS(=O)(=O)c1ccc(CC(Cl)C(C)C)cc1. The Balaban J connectivity index is 2.82. The molecule has 0 bridgehead atoms. The summed E-state index contributed by atoms with van der Waals surface area (Å²) in [6.07, 6.45) is 0.749. The monoisotopic (exact) mass is 275 g/mol. The number of sulfonamides is 1. The zero-order valence-electron chi connectivity index (χ0n) is 10.3. The molecule has 1 N–H and O–H groups in total. The second-order valence-electron chi connectivity index (χ2n) is 4.32. The molecule has 0 aliphatic rings. The highest BCUT2D eigenvalue weighted by molar-refractivity contribution is 7.89. The Hall–Kier alpha value is -0.580. The number of rotatable bonds is 5. The summed E-state index contributed by atoms with van der Waals surface area (Å²) < 4.78 is 25.3. The quantitative estimate of drug-likeness (QED) is 0.839. The van der Waals surface area contributed by atoms with Crippen LogP contribution in [0.4, 0.5) is 0 Å². The normalized spacial score (nSPS) is 13.9. The highest BCUT2D eigenvalue weighted by Gasteiger charge is 2.13. The molecule has 0 aromatic heterocycles. The highest BCUT2D eigenvalue weighted by atomic mass is 35.5. The van der Waals surface area contributed by atoms with Gasteiger partial charge in [0.25, 0.3) is 0 Å². The van der Waals surface area contributed by atoms with E-state index in [-0.39, 0.29) is 10.3 Å². The maximum absolute atomic E-state index is 11.5. The van der Waals surface area contributed by atoms with E-state index in [0.29, 0.717) is 5.92 Å². The van der Waals surface area contributed by atoms with Crippen molar-refractivity contribution in [3.05, 3.63) is 29.8 Å². The molecule has 0 saturated carbocycles. The van der Waals surface area contributed by atoms with E-state index in [2.05, 4.69) is 18.6 Å². The van der Waals surface area contributed by atoms with Gasteiger partial charge in [-0.25, -0.2) is 13.1 Å². The first kappa shape index (κ1) is 14.5. The average Bonchev–Trinajstić information content (AvgIpc) is 2.29. The van der Waals surface area contributed by atoms with Crippen LogP contribution in [0.15, 0.2) is 29.2 Å². The Morgan fingerprint density at radius 3 is 2.18 bits per heavy atom. The highest BCUT2D eigenvalue weighted by Crippen LogP contribution is 2.17. The smallest absolute Gasteiger partial charge is 0.214 e. The molecule has 0 amide bonds. The summed E-state index contributed by atoms with van der Waals surface area (Å²) >= 11 is 6.18. The average molecular weight is 276 g/mol. The molecule has 0 fully saturated rings. The van der Waals surface area contributed by atoms with Gasteiger partial charge >= 0.3 is 0 Å². The standard InChI is InChI=1S/C12H18ClNO2S/c1-9(2)12(13)8-10-4-6-11(7-5-10)17(15,16)14-3/h4-7,9,12,14H,8H2,1-3H3. The Morgan fingerprint density at radius 2 is 1.76 bits per heavy atom. The second-order valence-corrected chi connectivity index (χ2v) is 6.76. The Morgan fingerprint density at radius 1 is 1.24 bits per heavy atom. The first-order valence-corrected chi connectivity index (χ1v) is 7.45. The van der Waals surface area contributed by atoms with Crippen molar-refractivity contribution in [1.82, 2.24) is 4.72 Å². The van der Waals surface area contributed by atoms with E-state index in [4.69, 9.17) is 11.6 Å². The predicted octanol–water partition coefficient (Wildman–Crippen LogP) is 2.40. The fourth-order valence-corrected chi connectivity index (χ4v) is 2.29. The molecule has 3 nitrogen and oxygen atoms in total. The number of halogens is 1. The van der Waals surface area contributed by atoms with Crippen LogP contribution in [-0.4, -0.2) is 20.8 Å². The van der Waals surface area contributed by atoms with E-state index in [0.717, 1.165) is 12.0 Å². The molecule has 1 atom stereocenters. The summed E-state index contributed by atoms with van der Waals surface area (Å²) in [7, 11) is -1.94. The Labute approximate surface area is 108 Å². The van der Waals surface area contributed by atoms with E-state index < -0.39 is 10.0 Å². The van der Waals surface area contributed by atoms with Crippen molar-refractivity contribution in [2.24, 2.45) is 5.92 Å². The molecule has 0 spiro atoms. The van der Waals surface area contributed by atoms with Crippen molar-refractivity contribution in [3.63, 3.8) is 0 Å². The summed E-state index contributed by atoms with van der Waals surface area (Å²) in [6.45, 7) is 4.13. The predicted molar refractivity (Wildman–Crippen MR) is 70.9 cm³/mol. The number of alkyl halides is 1. The maximum Gasteiger partial charge on any atom is 0.240 e. The lowest BCUT2D eigenvalue weighted by Gasteiger charge is -2.13. The second kappa shape index (κ2) is 5.85. The van der Waals surface area contributed by atoms with Crippen molar-refractivity contribution in [3.8, 4) is 0 Å². The van der Waals surface area contributed by atoms with Crippen molar-refractivity contribution in [2.75, 3.05) is 7.05 Å². The molecule has 5 heteroatoms. The van der Waals surface area contributed by atoms with E-state index >= 15 is 0 Å². The molecule has 1 unspecified atom stereocenters. The number of nitrogens with one attached hydrogen (secondary N) is 1. The van der Waals surface area contributed by atoms with Crippen LogP contribution in [0.2, 0.25) is 0 Å². The van der Waals surface area contributed by atoms with E-state index in [1.807, 2.05) is 12.1 Å². The van der Waals surface area contributed by atoms with Gasteiger partial charge in [0.2, 0.25) is 10.0 Å². The van der Waals surface area contributed by atoms with Crippen LogP contribution in [0.3, 0.4) is 0 Å². The summed E-state index contributed by atoms with van der Waals surface area (Å²) in [4.78, 5) is 0.277. The minimum absolute atomic E-state index is 0.0711. The van der Waals surface area contributed by atoms with E-state index in [9.17, 15) is 8.42 Å². The van der Waals surface area contributed by atoms with Crippen LogP contribution in [0, 0.1) is 5.92 Å². The minimum atomic E-state index is -3.34. The first-order valence-electron chi connectivity index (χ1n) is 5.53. The third kappa shape index (κ3) is 3.98. The summed E-state index contributed by atoms with van der Waals surface area (Å²) in [5, 5.41) is 0.0711. The summed E-state index contributed by atoms with van der Waals surface area (Å²) in [5.74, 6) is 0.400. The lowest BCUT2D eigenvalue weighted by atomic mass is 10.0. The molecule has 1 aromatic rings. The first-order chi connectivity index (χ1) is 7.86. The molecule has 0 heterocycles. The number of hydrogen-bond donors (Lipinski definition) is 1. The number of hydrogen-bond acceptors (Lipinski definition) is 2. The topological polar surface area (TPSA) is 46.2 Å². The van der Waals surface area contributed by atoms with E-state index in [1.54, 1.807) is 12.1 Å². The molecular formula is C12H18ClNO2S. The van der Waals surface area contributed by atoms with Gasteiger partial charge in [-0.05, 0) is 37.1 Å². The largest absolute Gasteiger partial charge is 0.240 e. The molecule has 96 valence electrons. The van der Waals surface area contributed by atoms with Crippen molar-refractivity contribution < 1.29 is 8.42 Å². The lowest BCUT2D eigenvalue weighted by molar-refractivity contribution is 0.587. The molecule has 0 radical (unpaired) electrons. The van der Waals surface area contributed by atoms with Crippen LogP contribution in [0.25, 0.3) is 0 Å². The van der Waals surface area contributed by atoms with Crippen molar-refractivity contribution in [2.45, 2.75) is 30.5 Å². The lowest BCUT2D eigenvalue weighted by Crippen LogP contribution is -2.18. The Bertz CT molecular complexity index is 454. The van der Waals surface area contributed by atoms with Gasteiger partial charge < -0.3 is 0 Å². The molecule has 0 aliphatic carbocycles. The van der Waals surface area contributed by atoms with Crippen LogP contribution in [-0.2, 0) is 16.4 Å². The molecule has 1 aromatic carbocycles. The fourth-order valence-electron chi connectivity index (χ4n) is 1.38. The third-order valence-corrected chi connectivity index (χ3v) is 4.74. The fraction of sp³-hybridized carbons (Fsp3) is 0.500. The maximum atomic E-state index is 11.5. The van der Waals surface area contributed by atoms with Gasteiger partial charge in [0, 0.05) is 5.38 Å². The van der Waals surface area contributed by atoms with Crippen molar-refractivity contribution >= 4 is 21.6 Å². The van der Waals surface area contributed by atoms with Gasteiger partial charge in [0.05, 0.1) is 4.90 Å². The zero-order chi connectivity index (χ0) is 13.1. The molecular weight excluding hydrogens is 258 g/mol. The van der Waals surface area contributed by atoms with Gasteiger partial charge in [-0.15, -0.1) is 11.6 Å². The van der Waals surface area contributed by atoms with Gasteiger partial charge in [0.15, 0.2) is 0 Å². The van der Waals surface area contributed by atoms with Crippen LogP contribution >= 0.6 is 11.6 Å². The molecule has 1 rings (SSSR count). The number of benzene rings is 1. The Kier molecular flexibility index (Phi) is 4.98. The van der Waals surface area contributed by atoms with Crippen molar-refractivity contribution in [1.29, 1.82) is 0 Å². The van der Waals surface area contributed by atoms with Gasteiger partial charge in [-0.2, -0.15) is 0 Å². The summed E-state index contributed by atoms with van der Waals surface area (Å²) in [5.41, 5.74) is 1.05. The van der Waals surface area contributed by atoms with E-state index in [1.165, 1.54) is 7.05 Å².